The molecule has 0 aliphatic carbocycles. The number of nitrogens with two attached hydrogens (primary N) is 1. The van der Waals surface area contributed by atoms with E-state index in [1.165, 1.54) is 36.5 Å². The van der Waals surface area contributed by atoms with Crippen LogP contribution in [-0.2, 0) is 0 Å². The van der Waals surface area contributed by atoms with E-state index in [1.54, 1.807) is 6.92 Å². The van der Waals surface area contributed by atoms with Crippen molar-refractivity contribution in [1.82, 2.24) is 4.98 Å². The Labute approximate surface area is 135 Å². The SMILES string of the molecule is C[C@@H](N)c1ccc(F)c(C(=O)c2cccc3c(=O)[nH]ccc23)c1F. The lowest BCUT2D eigenvalue weighted by molar-refractivity contribution is 0.103. The van der Waals surface area contributed by atoms with Gasteiger partial charge in [-0.15, -0.1) is 0 Å². The summed E-state index contributed by atoms with van der Waals surface area (Å²) in [6, 6.07) is 7.54. The molecular weight excluding hydrogens is 314 g/mol. The van der Waals surface area contributed by atoms with Gasteiger partial charge in [0.05, 0.1) is 5.56 Å². The van der Waals surface area contributed by atoms with Crippen molar-refractivity contribution >= 4 is 16.6 Å². The van der Waals surface area contributed by atoms with Crippen molar-refractivity contribution in [3.05, 3.63) is 81.3 Å². The Morgan fingerprint density at radius 3 is 2.58 bits per heavy atom. The second-order valence-corrected chi connectivity index (χ2v) is 5.52. The minimum atomic E-state index is -0.975. The van der Waals surface area contributed by atoms with E-state index in [1.807, 2.05) is 0 Å². The van der Waals surface area contributed by atoms with Crippen LogP contribution in [0.4, 0.5) is 8.78 Å². The van der Waals surface area contributed by atoms with E-state index in [-0.39, 0.29) is 22.1 Å². The maximum absolute atomic E-state index is 14.6. The Kier molecular flexibility index (Phi) is 3.99. The van der Waals surface area contributed by atoms with Crippen LogP contribution in [0.3, 0.4) is 0 Å². The zero-order valence-corrected chi connectivity index (χ0v) is 12.8. The molecular formula is C18H14F2N2O2. The molecule has 0 aliphatic rings. The van der Waals surface area contributed by atoms with Crippen LogP contribution in [0.2, 0.25) is 0 Å². The minimum Gasteiger partial charge on any atom is -0.329 e. The van der Waals surface area contributed by atoms with Gasteiger partial charge in [-0.3, -0.25) is 9.59 Å². The van der Waals surface area contributed by atoms with Crippen molar-refractivity contribution in [1.29, 1.82) is 0 Å². The van der Waals surface area contributed by atoms with Gasteiger partial charge in [0.25, 0.3) is 5.56 Å². The average Bonchev–Trinajstić information content (AvgIpc) is 2.54. The molecule has 0 amide bonds. The summed E-state index contributed by atoms with van der Waals surface area (Å²) in [5, 5.41) is 0.601. The third-order valence-electron chi connectivity index (χ3n) is 3.90. The summed E-state index contributed by atoms with van der Waals surface area (Å²) in [6.45, 7) is 1.54. The number of pyridine rings is 1. The fourth-order valence-corrected chi connectivity index (χ4v) is 2.68. The lowest BCUT2D eigenvalue weighted by atomic mass is 9.95. The quantitative estimate of drug-likeness (QED) is 0.726. The predicted molar refractivity (Wildman–Crippen MR) is 87.0 cm³/mol. The van der Waals surface area contributed by atoms with E-state index < -0.39 is 29.0 Å². The van der Waals surface area contributed by atoms with Crippen LogP contribution in [0.1, 0.15) is 34.5 Å². The second-order valence-electron chi connectivity index (χ2n) is 5.52. The van der Waals surface area contributed by atoms with E-state index in [0.29, 0.717) is 5.39 Å². The average molecular weight is 328 g/mol. The number of halogens is 2. The first-order valence-electron chi connectivity index (χ1n) is 7.30. The Morgan fingerprint density at radius 1 is 1.12 bits per heavy atom. The molecule has 24 heavy (non-hydrogen) atoms. The number of nitrogens with one attached hydrogen (secondary N) is 1. The summed E-state index contributed by atoms with van der Waals surface area (Å²) >= 11 is 0. The molecule has 3 rings (SSSR count). The van der Waals surface area contributed by atoms with E-state index >= 15 is 0 Å². The smallest absolute Gasteiger partial charge is 0.255 e. The number of rotatable bonds is 3. The highest BCUT2D eigenvalue weighted by molar-refractivity contribution is 6.16. The first-order valence-corrected chi connectivity index (χ1v) is 7.30. The van der Waals surface area contributed by atoms with Gasteiger partial charge in [0.2, 0.25) is 0 Å². The molecule has 4 nitrogen and oxygen atoms in total. The van der Waals surface area contributed by atoms with Crippen molar-refractivity contribution in [2.24, 2.45) is 5.73 Å². The van der Waals surface area contributed by atoms with Gasteiger partial charge < -0.3 is 10.7 Å². The van der Waals surface area contributed by atoms with Crippen LogP contribution in [0.5, 0.6) is 0 Å². The number of benzene rings is 2. The Morgan fingerprint density at radius 2 is 1.88 bits per heavy atom. The fourth-order valence-electron chi connectivity index (χ4n) is 2.68. The number of hydrogen-bond acceptors (Lipinski definition) is 3. The van der Waals surface area contributed by atoms with Crippen LogP contribution >= 0.6 is 0 Å². The molecule has 122 valence electrons. The summed E-state index contributed by atoms with van der Waals surface area (Å²) < 4.78 is 28.7. The molecule has 0 fully saturated rings. The number of ketones is 1. The minimum absolute atomic E-state index is 0.0535. The van der Waals surface area contributed by atoms with Crippen LogP contribution in [0.15, 0.2) is 47.4 Å². The molecule has 2 aromatic carbocycles. The predicted octanol–water partition coefficient (Wildman–Crippen LogP) is 3.06. The van der Waals surface area contributed by atoms with Crippen molar-refractivity contribution in [2.75, 3.05) is 0 Å². The number of carbonyl (C=O) groups is 1. The first kappa shape index (κ1) is 16.0. The zero-order valence-electron chi connectivity index (χ0n) is 12.8. The Hall–Kier alpha value is -2.86. The van der Waals surface area contributed by atoms with Gasteiger partial charge in [0.1, 0.15) is 11.6 Å². The highest BCUT2D eigenvalue weighted by Crippen LogP contribution is 2.26. The first-order chi connectivity index (χ1) is 11.4. The lowest BCUT2D eigenvalue weighted by Crippen LogP contribution is -2.15. The summed E-state index contributed by atoms with van der Waals surface area (Å²) in [5.41, 5.74) is 4.72. The van der Waals surface area contributed by atoms with Gasteiger partial charge in [-0.25, -0.2) is 8.78 Å². The number of aromatic amines is 1. The molecule has 3 aromatic rings. The Bertz CT molecular complexity index is 1010. The third kappa shape index (κ3) is 2.51. The number of aromatic nitrogens is 1. The molecule has 0 unspecified atom stereocenters. The standard InChI is InChI=1S/C18H14F2N2O2/c1-9(21)10-5-6-14(19)15(16(10)20)17(23)12-3-2-4-13-11(12)7-8-22-18(13)24/h2-9H,21H2,1H3,(H,22,24)/t9-/m1/s1. The van der Waals surface area contributed by atoms with Crippen LogP contribution in [0, 0.1) is 11.6 Å². The number of H-pyrrole nitrogens is 1. The largest absolute Gasteiger partial charge is 0.329 e. The second kappa shape index (κ2) is 5.98. The van der Waals surface area contributed by atoms with Gasteiger partial charge in [0.15, 0.2) is 5.78 Å². The van der Waals surface area contributed by atoms with E-state index in [0.717, 1.165) is 6.07 Å². The monoisotopic (exact) mass is 328 g/mol. The number of fused-ring (bicyclic) bond motifs is 1. The Balaban J connectivity index is 2.27. The molecule has 1 atom stereocenters. The summed E-state index contributed by atoms with van der Waals surface area (Å²) in [6.07, 6.45) is 1.38. The third-order valence-corrected chi connectivity index (χ3v) is 3.90. The molecule has 1 heterocycles. The van der Waals surface area contributed by atoms with Crippen molar-refractivity contribution < 1.29 is 13.6 Å². The molecule has 0 bridgehead atoms. The van der Waals surface area contributed by atoms with Gasteiger partial charge in [0, 0.05) is 28.8 Å². The molecule has 1 aromatic heterocycles. The zero-order chi connectivity index (χ0) is 17.4. The number of hydrogen-bond donors (Lipinski definition) is 2. The van der Waals surface area contributed by atoms with Crippen LogP contribution in [-0.4, -0.2) is 10.8 Å². The molecule has 3 N–H and O–H groups in total. The van der Waals surface area contributed by atoms with Gasteiger partial charge in [-0.05, 0) is 30.5 Å². The normalized spacial score (nSPS) is 12.3. The number of carbonyl (C=O) groups excluding carboxylic acids is 1. The summed E-state index contributed by atoms with van der Waals surface area (Å²) in [5.74, 6) is -2.77. The molecule has 0 saturated carbocycles. The fraction of sp³-hybridized carbons (Fsp3) is 0.111. The van der Waals surface area contributed by atoms with Gasteiger partial charge in [-0.1, -0.05) is 18.2 Å². The maximum Gasteiger partial charge on any atom is 0.255 e. The topological polar surface area (TPSA) is 76.0 Å². The molecule has 0 spiro atoms. The van der Waals surface area contributed by atoms with Crippen molar-refractivity contribution in [2.45, 2.75) is 13.0 Å². The molecule has 0 aliphatic heterocycles. The molecule has 6 heteroatoms. The van der Waals surface area contributed by atoms with Crippen LogP contribution in [0.25, 0.3) is 10.8 Å². The maximum atomic E-state index is 14.6. The van der Waals surface area contributed by atoms with Gasteiger partial charge in [-0.2, -0.15) is 0 Å². The van der Waals surface area contributed by atoms with Crippen molar-refractivity contribution in [3.63, 3.8) is 0 Å². The van der Waals surface area contributed by atoms with E-state index in [9.17, 15) is 18.4 Å². The van der Waals surface area contributed by atoms with Gasteiger partial charge >= 0.3 is 0 Å². The van der Waals surface area contributed by atoms with E-state index in [2.05, 4.69) is 4.98 Å². The lowest BCUT2D eigenvalue weighted by Gasteiger charge is -2.12. The van der Waals surface area contributed by atoms with Crippen LogP contribution < -0.4 is 11.3 Å². The van der Waals surface area contributed by atoms with E-state index in [4.69, 9.17) is 5.73 Å². The molecule has 0 radical (unpaired) electrons. The highest BCUT2D eigenvalue weighted by Gasteiger charge is 2.24. The summed E-state index contributed by atoms with van der Waals surface area (Å²) in [4.78, 5) is 27.1. The van der Waals surface area contributed by atoms with Crippen molar-refractivity contribution in [3.8, 4) is 0 Å². The molecule has 0 saturated heterocycles. The highest BCUT2D eigenvalue weighted by atomic mass is 19.1. The summed E-state index contributed by atoms with van der Waals surface area (Å²) in [7, 11) is 0.